The van der Waals surface area contributed by atoms with Crippen LogP contribution in [0.1, 0.15) is 9.75 Å². The molecule has 0 unspecified atom stereocenters. The molecule has 3 rings (SSSR count). The van der Waals surface area contributed by atoms with Crippen molar-refractivity contribution in [3.05, 3.63) is 73.1 Å². The van der Waals surface area contributed by atoms with Crippen molar-refractivity contribution in [2.24, 2.45) is 0 Å². The Morgan fingerprint density at radius 2 is 1.93 bits per heavy atom. The maximum atomic E-state index is 12.6. The summed E-state index contributed by atoms with van der Waals surface area (Å²) in [7, 11) is 1.37. The van der Waals surface area contributed by atoms with Crippen molar-refractivity contribution in [2.75, 3.05) is 19.0 Å². The van der Waals surface area contributed by atoms with Gasteiger partial charge in [-0.1, -0.05) is 12.1 Å². The minimum atomic E-state index is -0.649. The number of nitrogens with one attached hydrogen (secondary N) is 1. The number of carbonyl (C=O) groups is 2. The fourth-order valence-electron chi connectivity index (χ4n) is 2.48. The first-order valence-corrected chi connectivity index (χ1v) is 10.3. The average molecular weight is 444 g/mol. The second kappa shape index (κ2) is 9.81. The van der Waals surface area contributed by atoms with Crippen molar-refractivity contribution in [1.29, 1.82) is 0 Å². The Bertz CT molecular complexity index is 1070. The lowest BCUT2D eigenvalue weighted by Crippen LogP contribution is -2.21. The first-order chi connectivity index (χ1) is 14.5. The molecule has 0 spiro atoms. The number of rotatable bonds is 8. The van der Waals surface area contributed by atoms with Gasteiger partial charge in [0.25, 0.3) is 11.6 Å². The molecule has 2 aromatic heterocycles. The molecular weight excluding hydrogens is 428 g/mol. The lowest BCUT2D eigenvalue weighted by atomic mass is 10.2. The molecule has 10 heteroatoms. The quantitative estimate of drug-likeness (QED) is 0.238. The Morgan fingerprint density at radius 3 is 2.57 bits per heavy atom. The summed E-state index contributed by atoms with van der Waals surface area (Å²) in [5, 5.41) is 17.2. The van der Waals surface area contributed by atoms with Gasteiger partial charge >= 0.3 is 5.97 Å². The predicted molar refractivity (Wildman–Crippen MR) is 116 cm³/mol. The Balaban J connectivity index is 1.70. The lowest BCUT2D eigenvalue weighted by Gasteiger charge is -2.11. The van der Waals surface area contributed by atoms with Crippen molar-refractivity contribution in [2.45, 2.75) is 0 Å². The van der Waals surface area contributed by atoms with E-state index in [1.54, 1.807) is 12.1 Å². The zero-order chi connectivity index (χ0) is 21.5. The van der Waals surface area contributed by atoms with E-state index < -0.39 is 23.4 Å². The highest BCUT2D eigenvalue weighted by molar-refractivity contribution is 7.12. The maximum absolute atomic E-state index is 12.6. The largest absolute Gasteiger partial charge is 0.495 e. The number of anilines is 1. The third-order valence-corrected chi connectivity index (χ3v) is 5.56. The molecule has 0 saturated carbocycles. The molecule has 0 fully saturated rings. The molecule has 0 aliphatic rings. The van der Waals surface area contributed by atoms with E-state index in [0.717, 1.165) is 4.88 Å². The number of nitrogens with zero attached hydrogens (tertiary/aromatic N) is 1. The Hall–Kier alpha value is -3.50. The number of amides is 1. The molecule has 30 heavy (non-hydrogen) atoms. The van der Waals surface area contributed by atoms with Crippen molar-refractivity contribution in [3.63, 3.8) is 0 Å². The molecule has 1 amide bonds. The third kappa shape index (κ3) is 5.31. The number of nitro groups is 1. The lowest BCUT2D eigenvalue weighted by molar-refractivity contribution is -0.384. The molecule has 154 valence electrons. The van der Waals surface area contributed by atoms with Crippen LogP contribution in [0.15, 0.2) is 53.2 Å². The van der Waals surface area contributed by atoms with Gasteiger partial charge in [0.1, 0.15) is 5.75 Å². The second-order valence-corrected chi connectivity index (χ2v) is 7.74. The van der Waals surface area contributed by atoms with Crippen molar-refractivity contribution in [3.8, 4) is 5.75 Å². The number of nitro benzene ring substituents is 1. The van der Waals surface area contributed by atoms with Crippen LogP contribution in [0.25, 0.3) is 11.6 Å². The summed E-state index contributed by atoms with van der Waals surface area (Å²) in [6.45, 7) is -0.558. The van der Waals surface area contributed by atoms with Gasteiger partial charge in [0.2, 0.25) is 0 Å². The first kappa shape index (κ1) is 21.2. The van der Waals surface area contributed by atoms with E-state index in [9.17, 15) is 19.7 Å². The van der Waals surface area contributed by atoms with Crippen LogP contribution in [0.3, 0.4) is 0 Å². The van der Waals surface area contributed by atoms with E-state index in [-0.39, 0.29) is 17.1 Å². The normalized spacial score (nSPS) is 11.0. The van der Waals surface area contributed by atoms with Crippen LogP contribution in [0, 0.1) is 10.1 Å². The number of ether oxygens (including phenoxy) is 2. The zero-order valence-corrected chi connectivity index (χ0v) is 17.3. The average Bonchev–Trinajstić information content (AvgIpc) is 3.44. The second-order valence-electron chi connectivity index (χ2n) is 5.82. The van der Waals surface area contributed by atoms with Gasteiger partial charge in [-0.25, -0.2) is 4.79 Å². The highest BCUT2D eigenvalue weighted by atomic mass is 32.1. The van der Waals surface area contributed by atoms with Crippen LogP contribution in [0.4, 0.5) is 11.4 Å². The maximum Gasteiger partial charge on any atom is 0.340 e. The van der Waals surface area contributed by atoms with Crippen LogP contribution in [0.5, 0.6) is 5.75 Å². The summed E-state index contributed by atoms with van der Waals surface area (Å²) < 4.78 is 10.3. The van der Waals surface area contributed by atoms with E-state index in [1.165, 1.54) is 48.0 Å². The molecule has 0 bridgehead atoms. The number of non-ortho nitro benzene ring substituents is 1. The number of benzene rings is 1. The summed E-state index contributed by atoms with van der Waals surface area (Å²) in [6.07, 6.45) is 1.71. The summed E-state index contributed by atoms with van der Waals surface area (Å²) in [5.41, 5.74) is 0.246. The van der Waals surface area contributed by atoms with E-state index in [0.29, 0.717) is 10.5 Å². The third-order valence-electron chi connectivity index (χ3n) is 3.84. The molecule has 0 atom stereocenters. The van der Waals surface area contributed by atoms with Gasteiger partial charge in [-0.15, -0.1) is 22.7 Å². The fourth-order valence-corrected chi connectivity index (χ4v) is 3.87. The van der Waals surface area contributed by atoms with Crippen molar-refractivity contribution >= 4 is 57.6 Å². The van der Waals surface area contributed by atoms with Gasteiger partial charge in [0.15, 0.2) is 6.61 Å². The van der Waals surface area contributed by atoms with Crippen LogP contribution in [0.2, 0.25) is 0 Å². The summed E-state index contributed by atoms with van der Waals surface area (Å²) in [4.78, 5) is 36.8. The van der Waals surface area contributed by atoms with Crippen molar-refractivity contribution in [1.82, 2.24) is 0 Å². The van der Waals surface area contributed by atoms with Gasteiger partial charge in [0, 0.05) is 21.9 Å². The number of hydrogen-bond donors (Lipinski definition) is 1. The number of esters is 1. The smallest absolute Gasteiger partial charge is 0.340 e. The standard InChI is InChI=1S/C20H16N2O6S2/c1-27-17-7-6-13(22(25)26)10-16(17)21-19(23)12-28-20(24)15(18-5-3-9-30-18)11-14-4-2-8-29-14/h2-11H,12H2,1H3,(H,21,23). The molecule has 3 aromatic rings. The molecule has 0 aliphatic heterocycles. The summed E-state index contributed by atoms with van der Waals surface area (Å²) in [6, 6.07) is 11.2. The molecule has 0 saturated heterocycles. The molecule has 0 radical (unpaired) electrons. The van der Waals surface area contributed by atoms with Gasteiger partial charge in [-0.3, -0.25) is 14.9 Å². The Labute approximate surface area is 179 Å². The number of thiophene rings is 2. The van der Waals surface area contributed by atoms with E-state index in [1.807, 2.05) is 29.0 Å². The summed E-state index contributed by atoms with van der Waals surface area (Å²) >= 11 is 2.85. The molecular formula is C20H16N2O6S2. The van der Waals surface area contributed by atoms with E-state index in [2.05, 4.69) is 5.32 Å². The fraction of sp³-hybridized carbons (Fsp3) is 0.100. The van der Waals surface area contributed by atoms with Crippen LogP contribution in [-0.4, -0.2) is 30.5 Å². The number of methoxy groups -OCH3 is 1. The van der Waals surface area contributed by atoms with Crippen LogP contribution in [-0.2, 0) is 14.3 Å². The first-order valence-electron chi connectivity index (χ1n) is 8.56. The predicted octanol–water partition coefficient (Wildman–Crippen LogP) is 4.45. The van der Waals surface area contributed by atoms with Gasteiger partial charge in [-0.05, 0) is 35.0 Å². The minimum Gasteiger partial charge on any atom is -0.495 e. The van der Waals surface area contributed by atoms with E-state index >= 15 is 0 Å². The zero-order valence-electron chi connectivity index (χ0n) is 15.7. The molecule has 0 aliphatic carbocycles. The Morgan fingerprint density at radius 1 is 1.17 bits per heavy atom. The van der Waals surface area contributed by atoms with Crippen molar-refractivity contribution < 1.29 is 24.0 Å². The SMILES string of the molecule is COc1ccc([N+](=O)[O-])cc1NC(=O)COC(=O)C(=Cc1cccs1)c1cccs1. The number of hydrogen-bond acceptors (Lipinski definition) is 8. The minimum absolute atomic E-state index is 0.111. The molecule has 1 N–H and O–H groups in total. The van der Waals surface area contributed by atoms with E-state index in [4.69, 9.17) is 9.47 Å². The summed E-state index contributed by atoms with van der Waals surface area (Å²) in [5.74, 6) is -1.05. The molecule has 8 nitrogen and oxygen atoms in total. The van der Waals surface area contributed by atoms with Gasteiger partial charge < -0.3 is 14.8 Å². The number of carbonyl (C=O) groups excluding carboxylic acids is 2. The molecule has 1 aromatic carbocycles. The molecule has 2 heterocycles. The van der Waals surface area contributed by atoms with Gasteiger partial charge in [-0.2, -0.15) is 0 Å². The monoisotopic (exact) mass is 444 g/mol. The van der Waals surface area contributed by atoms with Crippen LogP contribution >= 0.6 is 22.7 Å². The highest BCUT2D eigenvalue weighted by Crippen LogP contribution is 2.29. The highest BCUT2D eigenvalue weighted by Gasteiger charge is 2.18. The van der Waals surface area contributed by atoms with Gasteiger partial charge in [0.05, 0.1) is 23.3 Å². The topological polar surface area (TPSA) is 108 Å². The van der Waals surface area contributed by atoms with Crippen LogP contribution < -0.4 is 10.1 Å². The Kier molecular flexibility index (Phi) is 6.94.